The van der Waals surface area contributed by atoms with E-state index in [2.05, 4.69) is 30.9 Å². The van der Waals surface area contributed by atoms with E-state index in [0.717, 1.165) is 32.0 Å². The van der Waals surface area contributed by atoms with Gasteiger partial charge in [0.05, 0.1) is 32.2 Å². The van der Waals surface area contributed by atoms with E-state index >= 15 is 0 Å². The molecule has 41 heavy (non-hydrogen) atoms. The first kappa shape index (κ1) is 27.7. The van der Waals surface area contributed by atoms with Gasteiger partial charge in [0.25, 0.3) is 0 Å². The molecule has 0 bridgehead atoms. The Balaban J connectivity index is 1.25. The van der Waals surface area contributed by atoms with E-state index in [1.54, 1.807) is 31.5 Å². The van der Waals surface area contributed by atoms with Crippen molar-refractivity contribution in [2.75, 3.05) is 32.1 Å². The summed E-state index contributed by atoms with van der Waals surface area (Å²) < 4.78 is 32.6. The number of halogens is 1. The maximum Gasteiger partial charge on any atom is 0.313 e. The van der Waals surface area contributed by atoms with Gasteiger partial charge in [-0.05, 0) is 62.2 Å². The Morgan fingerprint density at radius 1 is 1.00 bits per heavy atom. The quantitative estimate of drug-likeness (QED) is 0.262. The number of hydrogen-bond acceptors (Lipinski definition) is 9. The molecule has 0 radical (unpaired) electrons. The number of carbonyl (C=O) groups excluding carboxylic acids is 2. The molecule has 5 rings (SSSR count). The number of anilines is 1. The Labute approximate surface area is 235 Å². The van der Waals surface area contributed by atoms with E-state index < -0.39 is 17.6 Å². The third-order valence-electron chi connectivity index (χ3n) is 6.59. The number of fused-ring (bicyclic) bond motifs is 1. The van der Waals surface area contributed by atoms with E-state index in [4.69, 9.17) is 14.2 Å². The lowest BCUT2D eigenvalue weighted by Crippen LogP contribution is -2.35. The molecule has 11 nitrogen and oxygen atoms in total. The second-order valence-electron chi connectivity index (χ2n) is 9.39. The van der Waals surface area contributed by atoms with Gasteiger partial charge in [-0.15, -0.1) is 0 Å². The lowest BCUT2D eigenvalue weighted by atomic mass is 9.99. The summed E-state index contributed by atoms with van der Waals surface area (Å²) >= 11 is 0. The highest BCUT2D eigenvalue weighted by atomic mass is 19.1. The average molecular weight is 561 g/mol. The predicted octanol–water partition coefficient (Wildman–Crippen LogP) is 3.60. The van der Waals surface area contributed by atoms with Crippen LogP contribution in [0.4, 0.5) is 10.1 Å². The average Bonchev–Trinajstić information content (AvgIpc) is 3.00. The predicted molar refractivity (Wildman–Crippen MR) is 148 cm³/mol. The number of hydrogen-bond donors (Lipinski definition) is 3. The summed E-state index contributed by atoms with van der Waals surface area (Å²) in [6.07, 6.45) is 8.09. The van der Waals surface area contributed by atoms with Crippen LogP contribution in [0.15, 0.2) is 61.2 Å². The SMILES string of the molecule is COc1c(OCC2CCNCC2)ccc2c(Oc3ccc(NC(=O)C(=O)NCc4cnccn4)cc3F)ccnc12. The molecule has 1 fully saturated rings. The number of piperidine rings is 1. The molecule has 3 N–H and O–H groups in total. The van der Waals surface area contributed by atoms with Crippen molar-refractivity contribution in [1.29, 1.82) is 0 Å². The van der Waals surface area contributed by atoms with Crippen LogP contribution in [0.3, 0.4) is 0 Å². The lowest BCUT2D eigenvalue weighted by molar-refractivity contribution is -0.136. The zero-order chi connectivity index (χ0) is 28.6. The topological polar surface area (TPSA) is 137 Å². The van der Waals surface area contributed by atoms with Crippen LogP contribution in [0.1, 0.15) is 18.5 Å². The summed E-state index contributed by atoms with van der Waals surface area (Å²) in [5, 5.41) is 8.76. The number of carbonyl (C=O) groups is 2. The molecule has 0 unspecified atom stereocenters. The second kappa shape index (κ2) is 13.0. The molecule has 4 aromatic rings. The fraction of sp³-hybridized carbons (Fsp3) is 0.276. The zero-order valence-electron chi connectivity index (χ0n) is 22.4. The van der Waals surface area contributed by atoms with Crippen molar-refractivity contribution in [1.82, 2.24) is 25.6 Å². The normalized spacial score (nSPS) is 13.4. The van der Waals surface area contributed by atoms with Crippen molar-refractivity contribution >= 4 is 28.4 Å². The van der Waals surface area contributed by atoms with Gasteiger partial charge in [-0.3, -0.25) is 24.5 Å². The van der Waals surface area contributed by atoms with Crippen molar-refractivity contribution in [2.45, 2.75) is 19.4 Å². The number of aromatic nitrogens is 3. The number of benzene rings is 2. The summed E-state index contributed by atoms with van der Waals surface area (Å²) in [4.78, 5) is 36.7. The number of nitrogens with one attached hydrogen (secondary N) is 3. The van der Waals surface area contributed by atoms with Crippen molar-refractivity contribution < 1.29 is 28.2 Å². The van der Waals surface area contributed by atoms with Crippen molar-refractivity contribution in [2.24, 2.45) is 5.92 Å². The Morgan fingerprint density at radius 2 is 1.83 bits per heavy atom. The molecule has 1 aliphatic rings. The first-order valence-corrected chi connectivity index (χ1v) is 13.1. The van der Waals surface area contributed by atoms with Gasteiger partial charge in [0.15, 0.2) is 23.1 Å². The van der Waals surface area contributed by atoms with Crippen molar-refractivity contribution in [3.8, 4) is 23.0 Å². The smallest absolute Gasteiger partial charge is 0.313 e. The Kier molecular flexibility index (Phi) is 8.79. The van der Waals surface area contributed by atoms with Crippen LogP contribution in [-0.2, 0) is 16.1 Å². The second-order valence-corrected chi connectivity index (χ2v) is 9.39. The number of pyridine rings is 1. The third kappa shape index (κ3) is 6.84. The molecule has 0 aliphatic carbocycles. The first-order valence-electron chi connectivity index (χ1n) is 13.1. The van der Waals surface area contributed by atoms with Gasteiger partial charge in [-0.25, -0.2) is 4.39 Å². The molecular weight excluding hydrogens is 531 g/mol. The molecule has 2 amide bonds. The summed E-state index contributed by atoms with van der Waals surface area (Å²) in [5.41, 5.74) is 1.10. The van der Waals surface area contributed by atoms with Gasteiger partial charge in [0, 0.05) is 35.7 Å². The van der Waals surface area contributed by atoms with Crippen LogP contribution in [0.2, 0.25) is 0 Å². The van der Waals surface area contributed by atoms with Crippen molar-refractivity contribution in [3.05, 3.63) is 72.7 Å². The fourth-order valence-corrected chi connectivity index (χ4v) is 4.44. The van der Waals surface area contributed by atoms with Crippen LogP contribution in [0.25, 0.3) is 10.9 Å². The molecule has 0 spiro atoms. The van der Waals surface area contributed by atoms with Gasteiger partial charge in [0.2, 0.25) is 0 Å². The van der Waals surface area contributed by atoms with E-state index in [9.17, 15) is 14.0 Å². The minimum atomic E-state index is -0.952. The first-order chi connectivity index (χ1) is 20.0. The van der Waals surface area contributed by atoms with Gasteiger partial charge < -0.3 is 30.2 Å². The van der Waals surface area contributed by atoms with E-state index in [1.165, 1.54) is 30.7 Å². The standard InChI is InChI=1S/C29H29FN6O5/c1-39-27-25(40-17-18-6-9-31-10-7-18)5-3-21-23(8-11-34-26(21)27)41-24-4-2-19(14-22(24)30)36-29(38)28(37)35-16-20-15-32-12-13-33-20/h2-5,8,11-15,18,31H,6-7,9-10,16-17H2,1H3,(H,35,37)(H,36,38). The van der Waals surface area contributed by atoms with Gasteiger partial charge in [-0.2, -0.15) is 0 Å². The number of rotatable bonds is 9. The molecule has 12 heteroatoms. The molecule has 212 valence electrons. The maximum atomic E-state index is 15.0. The Hall–Kier alpha value is -4.84. The Morgan fingerprint density at radius 3 is 2.59 bits per heavy atom. The molecule has 0 atom stereocenters. The van der Waals surface area contributed by atoms with Gasteiger partial charge >= 0.3 is 11.8 Å². The van der Waals surface area contributed by atoms with Crippen LogP contribution < -0.4 is 30.2 Å². The fourth-order valence-electron chi connectivity index (χ4n) is 4.44. The lowest BCUT2D eigenvalue weighted by Gasteiger charge is -2.23. The molecule has 1 aliphatic heterocycles. The highest BCUT2D eigenvalue weighted by molar-refractivity contribution is 6.39. The van der Waals surface area contributed by atoms with E-state index in [-0.39, 0.29) is 18.0 Å². The van der Waals surface area contributed by atoms with Crippen LogP contribution in [0.5, 0.6) is 23.0 Å². The van der Waals surface area contributed by atoms with Crippen LogP contribution in [0, 0.1) is 11.7 Å². The molecule has 2 aromatic carbocycles. The third-order valence-corrected chi connectivity index (χ3v) is 6.59. The highest BCUT2D eigenvalue weighted by Gasteiger charge is 2.19. The summed E-state index contributed by atoms with van der Waals surface area (Å²) in [6.45, 7) is 2.57. The number of methoxy groups -OCH3 is 1. The van der Waals surface area contributed by atoms with E-state index in [1.807, 2.05) is 0 Å². The molecule has 2 aromatic heterocycles. The molecule has 3 heterocycles. The van der Waals surface area contributed by atoms with Gasteiger partial charge in [-0.1, -0.05) is 0 Å². The maximum absolute atomic E-state index is 15.0. The number of ether oxygens (including phenoxy) is 3. The molecular formula is C29H29FN6O5. The highest BCUT2D eigenvalue weighted by Crippen LogP contribution is 2.40. The number of nitrogens with zero attached hydrogens (tertiary/aromatic N) is 3. The van der Waals surface area contributed by atoms with Crippen LogP contribution in [-0.4, -0.2) is 53.6 Å². The van der Waals surface area contributed by atoms with E-state index in [0.29, 0.717) is 46.4 Å². The van der Waals surface area contributed by atoms with Crippen molar-refractivity contribution in [3.63, 3.8) is 0 Å². The Bertz CT molecular complexity index is 1530. The van der Waals surface area contributed by atoms with Gasteiger partial charge in [0.1, 0.15) is 11.3 Å². The summed E-state index contributed by atoms with van der Waals surface area (Å²) in [5.74, 6) is -0.784. The largest absolute Gasteiger partial charge is 0.491 e. The monoisotopic (exact) mass is 560 g/mol. The minimum Gasteiger partial charge on any atom is -0.491 e. The minimum absolute atomic E-state index is 0.0256. The van der Waals surface area contributed by atoms with Crippen LogP contribution >= 0.6 is 0 Å². The molecule has 1 saturated heterocycles. The summed E-state index contributed by atoms with van der Waals surface area (Å²) in [6, 6.07) is 9.07. The number of amides is 2. The summed E-state index contributed by atoms with van der Waals surface area (Å²) in [7, 11) is 1.55. The zero-order valence-corrected chi connectivity index (χ0v) is 22.4. The molecule has 0 saturated carbocycles.